The molecule has 102 valence electrons. The molecule has 0 aromatic heterocycles. The van der Waals surface area contributed by atoms with Crippen molar-refractivity contribution in [1.82, 2.24) is 0 Å². The fourth-order valence-electron chi connectivity index (χ4n) is 4.39. The third-order valence-corrected chi connectivity index (χ3v) is 5.62. The van der Waals surface area contributed by atoms with E-state index < -0.39 is 0 Å². The Bertz CT molecular complexity index is 668. The summed E-state index contributed by atoms with van der Waals surface area (Å²) in [6.07, 6.45) is 7.86. The molecule has 1 aromatic rings. The highest BCUT2D eigenvalue weighted by Crippen LogP contribution is 2.54. The first-order chi connectivity index (χ1) is 9.59. The van der Waals surface area contributed by atoms with E-state index >= 15 is 0 Å². The van der Waals surface area contributed by atoms with E-state index in [0.29, 0.717) is 18.1 Å². The standard InChI is InChI=1S/C18H18O2/c1-18-9-8-14-13-5-3-12(19)10-11(13)2-4-15(14)16(18)6-7-17(18)20/h2-5,16H,6-10H2,1H3/t16-,18-/m0/s1. The van der Waals surface area contributed by atoms with Crippen molar-refractivity contribution in [3.63, 3.8) is 0 Å². The smallest absolute Gasteiger partial charge is 0.160 e. The van der Waals surface area contributed by atoms with Gasteiger partial charge in [0.25, 0.3) is 0 Å². The molecule has 1 aromatic carbocycles. The van der Waals surface area contributed by atoms with Crippen LogP contribution in [0.1, 0.15) is 54.4 Å². The van der Waals surface area contributed by atoms with Gasteiger partial charge in [-0.1, -0.05) is 25.1 Å². The van der Waals surface area contributed by atoms with Gasteiger partial charge < -0.3 is 0 Å². The maximum Gasteiger partial charge on any atom is 0.160 e. The van der Waals surface area contributed by atoms with Crippen LogP contribution in [0.2, 0.25) is 0 Å². The van der Waals surface area contributed by atoms with Gasteiger partial charge in [0.05, 0.1) is 0 Å². The molecule has 3 aliphatic rings. The number of hydrogen-bond acceptors (Lipinski definition) is 2. The zero-order valence-electron chi connectivity index (χ0n) is 11.7. The number of carbonyl (C=O) groups is 2. The van der Waals surface area contributed by atoms with E-state index in [1.165, 1.54) is 16.7 Å². The van der Waals surface area contributed by atoms with E-state index in [1.807, 2.05) is 6.08 Å². The lowest BCUT2D eigenvalue weighted by Gasteiger charge is -2.37. The third kappa shape index (κ3) is 1.45. The predicted octanol–water partition coefficient (Wildman–Crippen LogP) is 3.22. The number of rotatable bonds is 0. The van der Waals surface area contributed by atoms with Crippen LogP contribution in [0.15, 0.2) is 18.2 Å². The third-order valence-electron chi connectivity index (χ3n) is 5.62. The first-order valence-electron chi connectivity index (χ1n) is 7.48. The van der Waals surface area contributed by atoms with Crippen LogP contribution in [0.25, 0.3) is 6.08 Å². The topological polar surface area (TPSA) is 34.1 Å². The molecule has 3 aliphatic carbocycles. The lowest BCUT2D eigenvalue weighted by Crippen LogP contribution is -2.33. The van der Waals surface area contributed by atoms with Crippen molar-refractivity contribution in [3.8, 4) is 0 Å². The van der Waals surface area contributed by atoms with Crippen molar-refractivity contribution < 1.29 is 9.59 Å². The first kappa shape index (κ1) is 12.1. The monoisotopic (exact) mass is 266 g/mol. The average molecular weight is 266 g/mol. The molecular formula is C18H18O2. The Morgan fingerprint density at radius 2 is 2.00 bits per heavy atom. The number of ketones is 2. The Kier molecular flexibility index (Phi) is 2.36. The number of carbonyl (C=O) groups excluding carboxylic acids is 2. The highest BCUT2D eigenvalue weighted by Gasteiger charge is 2.49. The molecule has 0 aliphatic heterocycles. The van der Waals surface area contributed by atoms with Crippen LogP contribution in [0.3, 0.4) is 0 Å². The second kappa shape index (κ2) is 3.91. The van der Waals surface area contributed by atoms with Crippen LogP contribution in [0.4, 0.5) is 0 Å². The van der Waals surface area contributed by atoms with Crippen molar-refractivity contribution in [1.29, 1.82) is 0 Å². The van der Waals surface area contributed by atoms with E-state index in [-0.39, 0.29) is 11.2 Å². The largest absolute Gasteiger partial charge is 0.299 e. The van der Waals surface area contributed by atoms with Gasteiger partial charge in [0.1, 0.15) is 5.78 Å². The fourth-order valence-corrected chi connectivity index (χ4v) is 4.39. The van der Waals surface area contributed by atoms with Crippen LogP contribution in [-0.2, 0) is 22.4 Å². The van der Waals surface area contributed by atoms with Crippen molar-refractivity contribution in [2.45, 2.75) is 44.9 Å². The summed E-state index contributed by atoms with van der Waals surface area (Å²) >= 11 is 0. The van der Waals surface area contributed by atoms with Crippen molar-refractivity contribution in [3.05, 3.63) is 40.5 Å². The molecule has 0 amide bonds. The quantitative estimate of drug-likeness (QED) is 0.722. The molecule has 1 fully saturated rings. The second-order valence-electron chi connectivity index (χ2n) is 6.61. The van der Waals surface area contributed by atoms with Gasteiger partial charge >= 0.3 is 0 Å². The Balaban J connectivity index is 1.88. The molecule has 0 saturated heterocycles. The number of fused-ring (bicyclic) bond motifs is 5. The summed E-state index contributed by atoms with van der Waals surface area (Å²) in [6.45, 7) is 2.15. The highest BCUT2D eigenvalue weighted by molar-refractivity contribution is 5.99. The Labute approximate surface area is 118 Å². The van der Waals surface area contributed by atoms with Crippen molar-refractivity contribution in [2.75, 3.05) is 0 Å². The number of Topliss-reactive ketones (excluding diaryl/α,β-unsaturated/α-hetero) is 1. The summed E-state index contributed by atoms with van der Waals surface area (Å²) in [4.78, 5) is 23.8. The highest BCUT2D eigenvalue weighted by atomic mass is 16.1. The molecule has 20 heavy (non-hydrogen) atoms. The minimum Gasteiger partial charge on any atom is -0.299 e. The molecule has 0 spiro atoms. The van der Waals surface area contributed by atoms with Crippen LogP contribution in [0, 0.1) is 5.41 Å². The molecule has 0 unspecified atom stereocenters. The molecule has 0 bridgehead atoms. The van der Waals surface area contributed by atoms with Crippen LogP contribution >= 0.6 is 0 Å². The summed E-state index contributed by atoms with van der Waals surface area (Å²) in [7, 11) is 0. The zero-order valence-corrected chi connectivity index (χ0v) is 11.7. The van der Waals surface area contributed by atoms with Gasteiger partial charge in [-0.25, -0.2) is 0 Å². The molecule has 2 nitrogen and oxygen atoms in total. The van der Waals surface area contributed by atoms with Crippen molar-refractivity contribution in [2.24, 2.45) is 5.41 Å². The fraction of sp³-hybridized carbons (Fsp3) is 0.444. The SMILES string of the molecule is C[C@]12CCc3c(ccc4c3C=CC(=O)C4)[C@@H]1CCC2=O. The minimum atomic E-state index is -0.143. The van der Waals surface area contributed by atoms with Gasteiger partial charge in [-0.15, -0.1) is 0 Å². The van der Waals surface area contributed by atoms with Crippen LogP contribution in [0.5, 0.6) is 0 Å². The zero-order chi connectivity index (χ0) is 13.9. The van der Waals surface area contributed by atoms with E-state index in [2.05, 4.69) is 19.1 Å². The van der Waals surface area contributed by atoms with Gasteiger partial charge in [-0.3, -0.25) is 9.59 Å². The van der Waals surface area contributed by atoms with Gasteiger partial charge in [-0.05, 0) is 53.5 Å². The predicted molar refractivity (Wildman–Crippen MR) is 77.6 cm³/mol. The van der Waals surface area contributed by atoms with Gasteiger partial charge in [0.15, 0.2) is 5.78 Å². The lowest BCUT2D eigenvalue weighted by atomic mass is 9.65. The van der Waals surface area contributed by atoms with Gasteiger partial charge in [-0.2, -0.15) is 0 Å². The molecule has 4 rings (SSSR count). The van der Waals surface area contributed by atoms with Gasteiger partial charge in [0, 0.05) is 18.3 Å². The Morgan fingerprint density at radius 1 is 1.15 bits per heavy atom. The average Bonchev–Trinajstić information content (AvgIpc) is 2.74. The summed E-state index contributed by atoms with van der Waals surface area (Å²) in [5.74, 6) is 1.01. The van der Waals surface area contributed by atoms with Crippen LogP contribution in [-0.4, -0.2) is 11.6 Å². The summed E-state index contributed by atoms with van der Waals surface area (Å²) in [5, 5.41) is 0. The molecule has 0 radical (unpaired) electrons. The lowest BCUT2D eigenvalue weighted by molar-refractivity contribution is -0.126. The molecular weight excluding hydrogens is 248 g/mol. The van der Waals surface area contributed by atoms with E-state index in [4.69, 9.17) is 0 Å². The van der Waals surface area contributed by atoms with Gasteiger partial charge in [0.2, 0.25) is 0 Å². The summed E-state index contributed by atoms with van der Waals surface area (Å²) in [5.41, 5.74) is 5.02. The van der Waals surface area contributed by atoms with E-state index in [0.717, 1.165) is 31.2 Å². The minimum absolute atomic E-state index is 0.143. The number of benzene rings is 1. The maximum absolute atomic E-state index is 12.2. The number of hydrogen-bond donors (Lipinski definition) is 0. The molecule has 1 saturated carbocycles. The molecule has 0 heterocycles. The Morgan fingerprint density at radius 3 is 2.85 bits per heavy atom. The molecule has 0 N–H and O–H groups in total. The van der Waals surface area contributed by atoms with Crippen molar-refractivity contribution >= 4 is 17.6 Å². The van der Waals surface area contributed by atoms with E-state index in [9.17, 15) is 9.59 Å². The maximum atomic E-state index is 12.2. The Hall–Kier alpha value is -1.70. The number of allylic oxidation sites excluding steroid dienone is 1. The second-order valence-corrected chi connectivity index (χ2v) is 6.61. The normalized spacial score (nSPS) is 30.9. The van der Waals surface area contributed by atoms with Crippen LogP contribution < -0.4 is 0 Å². The molecule has 2 atom stereocenters. The van der Waals surface area contributed by atoms with E-state index in [1.54, 1.807) is 6.08 Å². The summed E-state index contributed by atoms with van der Waals surface area (Å²) < 4.78 is 0. The summed E-state index contributed by atoms with van der Waals surface area (Å²) in [6, 6.07) is 4.28. The molecule has 2 heteroatoms. The first-order valence-corrected chi connectivity index (χ1v) is 7.48.